The first kappa shape index (κ1) is 18.4. The van der Waals surface area contributed by atoms with Crippen molar-refractivity contribution in [2.75, 3.05) is 6.54 Å². The van der Waals surface area contributed by atoms with Gasteiger partial charge in [0.1, 0.15) is 11.9 Å². The average molecular weight is 360 g/mol. The van der Waals surface area contributed by atoms with E-state index in [9.17, 15) is 9.59 Å². The highest BCUT2D eigenvalue weighted by Gasteiger charge is 2.31. The predicted molar refractivity (Wildman–Crippen MR) is 97.9 cm³/mol. The fourth-order valence-electron chi connectivity index (χ4n) is 3.84. The summed E-state index contributed by atoms with van der Waals surface area (Å²) in [5.74, 6) is 0.676. The molecule has 1 unspecified atom stereocenters. The van der Waals surface area contributed by atoms with Crippen LogP contribution in [0.25, 0.3) is 0 Å². The maximum atomic E-state index is 13.3. The number of fused-ring (bicyclic) bond motifs is 1. The van der Waals surface area contributed by atoms with Crippen LogP contribution in [0.1, 0.15) is 61.9 Å². The quantitative estimate of drug-likeness (QED) is 0.879. The van der Waals surface area contributed by atoms with Gasteiger partial charge >= 0.3 is 5.69 Å². The van der Waals surface area contributed by atoms with Gasteiger partial charge in [-0.15, -0.1) is 0 Å². The highest BCUT2D eigenvalue weighted by Crippen LogP contribution is 2.25. The lowest BCUT2D eigenvalue weighted by molar-refractivity contribution is -0.135. The Bertz CT molecular complexity index is 846. The smallest absolute Gasteiger partial charge is 0.337 e. The average Bonchev–Trinajstić information content (AvgIpc) is 3.02. The fraction of sp³-hybridized carbons (Fsp3) is 0.667. The predicted octanol–water partition coefficient (Wildman–Crippen LogP) is 1.72. The molecule has 2 aromatic rings. The number of aromatic amines is 1. The molecule has 0 radical (unpaired) electrons. The largest absolute Gasteiger partial charge is 0.344 e. The number of nitrogens with zero attached hydrogens (tertiary/aromatic N) is 5. The first-order chi connectivity index (χ1) is 12.5. The molecule has 0 aliphatic carbocycles. The van der Waals surface area contributed by atoms with Crippen LogP contribution >= 0.6 is 0 Å². The summed E-state index contributed by atoms with van der Waals surface area (Å²) in [6.45, 7) is 9.98. The molecular formula is C18H28N6O2. The minimum Gasteiger partial charge on any atom is -0.337 e. The van der Waals surface area contributed by atoms with Crippen LogP contribution in [0.15, 0.2) is 4.79 Å². The van der Waals surface area contributed by atoms with Gasteiger partial charge in [0.2, 0.25) is 5.91 Å². The number of nitrogens with one attached hydrogen (secondary N) is 1. The molecule has 8 nitrogen and oxygen atoms in total. The minimum absolute atomic E-state index is 0.0119. The summed E-state index contributed by atoms with van der Waals surface area (Å²) >= 11 is 0. The number of carbonyl (C=O) groups excluding carboxylic acids is 1. The third-order valence-electron chi connectivity index (χ3n) is 5.38. The summed E-state index contributed by atoms with van der Waals surface area (Å²) in [6.07, 6.45) is 3.27. The van der Waals surface area contributed by atoms with Crippen LogP contribution in [0.2, 0.25) is 0 Å². The van der Waals surface area contributed by atoms with E-state index in [1.165, 1.54) is 0 Å². The summed E-state index contributed by atoms with van der Waals surface area (Å²) in [4.78, 5) is 27.3. The van der Waals surface area contributed by atoms with Crippen LogP contribution in [-0.2, 0) is 24.3 Å². The Labute approximate surface area is 153 Å². The molecule has 0 aromatic carbocycles. The first-order valence-corrected chi connectivity index (χ1v) is 9.45. The Kier molecular flexibility index (Phi) is 5.29. The van der Waals surface area contributed by atoms with Crippen LogP contribution in [0.5, 0.6) is 0 Å². The Morgan fingerprint density at radius 1 is 1.31 bits per heavy atom. The van der Waals surface area contributed by atoms with Crippen LogP contribution in [0, 0.1) is 13.8 Å². The molecule has 1 aliphatic heterocycles. The zero-order chi connectivity index (χ0) is 18.8. The summed E-state index contributed by atoms with van der Waals surface area (Å²) in [6, 6.07) is -0.472. The summed E-state index contributed by atoms with van der Waals surface area (Å²) in [5.41, 5.74) is 2.86. The molecule has 1 aliphatic rings. The third-order valence-corrected chi connectivity index (χ3v) is 5.38. The van der Waals surface area contributed by atoms with Gasteiger partial charge in [0.05, 0.1) is 5.69 Å². The van der Waals surface area contributed by atoms with E-state index in [2.05, 4.69) is 22.2 Å². The van der Waals surface area contributed by atoms with Gasteiger partial charge in [-0.3, -0.25) is 14.0 Å². The topological polar surface area (TPSA) is 88.8 Å². The van der Waals surface area contributed by atoms with Gasteiger partial charge in [0.15, 0.2) is 0 Å². The van der Waals surface area contributed by atoms with E-state index < -0.39 is 6.04 Å². The van der Waals surface area contributed by atoms with Crippen molar-refractivity contribution in [3.05, 3.63) is 33.3 Å². The van der Waals surface area contributed by atoms with Crippen LogP contribution < -0.4 is 5.69 Å². The number of hydrogen-bond donors (Lipinski definition) is 1. The zero-order valence-electron chi connectivity index (χ0n) is 16.1. The molecule has 0 bridgehead atoms. The molecule has 2 aromatic heterocycles. The normalized spacial score (nSPS) is 17.0. The maximum Gasteiger partial charge on any atom is 0.344 e. The highest BCUT2D eigenvalue weighted by molar-refractivity contribution is 5.80. The molecule has 3 heterocycles. The highest BCUT2D eigenvalue weighted by atomic mass is 16.2. The van der Waals surface area contributed by atoms with Crippen molar-refractivity contribution in [2.24, 2.45) is 0 Å². The van der Waals surface area contributed by atoms with Crippen molar-refractivity contribution in [3.8, 4) is 0 Å². The number of carbonyl (C=O) groups is 1. The molecule has 1 N–H and O–H groups in total. The SMILES string of the molecule is CCN(Cc1c(C)nn(CC)c1C)C(=O)C1CCCCc2n[nH]c(=O)n21. The van der Waals surface area contributed by atoms with Gasteiger partial charge < -0.3 is 4.90 Å². The van der Waals surface area contributed by atoms with Crippen molar-refractivity contribution in [1.82, 2.24) is 29.4 Å². The van der Waals surface area contributed by atoms with Gasteiger partial charge in [0.25, 0.3) is 0 Å². The van der Waals surface area contributed by atoms with E-state index in [0.29, 0.717) is 25.3 Å². The Morgan fingerprint density at radius 2 is 2.08 bits per heavy atom. The Hall–Kier alpha value is -2.38. The monoisotopic (exact) mass is 360 g/mol. The number of aryl methyl sites for hydroxylation is 3. The van der Waals surface area contributed by atoms with Crippen LogP contribution in [0.4, 0.5) is 0 Å². The molecule has 1 amide bonds. The molecule has 1 atom stereocenters. The third kappa shape index (κ3) is 3.20. The molecule has 8 heteroatoms. The number of aromatic nitrogens is 5. The summed E-state index contributed by atoms with van der Waals surface area (Å²) in [7, 11) is 0. The molecule has 0 saturated carbocycles. The number of likely N-dealkylation sites (N-methyl/N-ethyl adjacent to an activating group) is 1. The number of rotatable bonds is 5. The van der Waals surface area contributed by atoms with Crippen LogP contribution in [-0.4, -0.2) is 41.9 Å². The van der Waals surface area contributed by atoms with Gasteiger partial charge in [-0.2, -0.15) is 10.2 Å². The molecule has 0 fully saturated rings. The summed E-state index contributed by atoms with van der Waals surface area (Å²) < 4.78 is 3.53. The Balaban J connectivity index is 1.89. The lowest BCUT2D eigenvalue weighted by Crippen LogP contribution is -2.40. The van der Waals surface area contributed by atoms with E-state index in [0.717, 1.165) is 42.8 Å². The molecule has 26 heavy (non-hydrogen) atoms. The van der Waals surface area contributed by atoms with Crippen molar-refractivity contribution >= 4 is 5.91 Å². The van der Waals surface area contributed by atoms with Gasteiger partial charge in [-0.1, -0.05) is 6.42 Å². The van der Waals surface area contributed by atoms with E-state index in [4.69, 9.17) is 0 Å². The van der Waals surface area contributed by atoms with Crippen LogP contribution in [0.3, 0.4) is 0 Å². The second-order valence-electron chi connectivity index (χ2n) is 6.89. The summed E-state index contributed by atoms with van der Waals surface area (Å²) in [5, 5.41) is 11.2. The van der Waals surface area contributed by atoms with E-state index in [1.54, 1.807) is 4.57 Å². The van der Waals surface area contributed by atoms with Crippen molar-refractivity contribution < 1.29 is 4.79 Å². The van der Waals surface area contributed by atoms with E-state index >= 15 is 0 Å². The second kappa shape index (κ2) is 7.47. The number of hydrogen-bond acceptors (Lipinski definition) is 4. The van der Waals surface area contributed by atoms with E-state index in [1.807, 2.05) is 30.4 Å². The second-order valence-corrected chi connectivity index (χ2v) is 6.89. The number of H-pyrrole nitrogens is 1. The lowest BCUT2D eigenvalue weighted by atomic mass is 10.1. The fourth-order valence-corrected chi connectivity index (χ4v) is 3.84. The van der Waals surface area contributed by atoms with Gasteiger partial charge in [0, 0.05) is 37.3 Å². The molecule has 0 spiro atoms. The minimum atomic E-state index is -0.472. The van der Waals surface area contributed by atoms with Crippen molar-refractivity contribution in [1.29, 1.82) is 0 Å². The number of amides is 1. The van der Waals surface area contributed by atoms with Crippen molar-refractivity contribution in [3.63, 3.8) is 0 Å². The lowest BCUT2D eigenvalue weighted by Gasteiger charge is -2.26. The maximum absolute atomic E-state index is 13.3. The Morgan fingerprint density at radius 3 is 2.73 bits per heavy atom. The van der Waals surface area contributed by atoms with E-state index in [-0.39, 0.29) is 11.6 Å². The molecular weight excluding hydrogens is 332 g/mol. The molecule has 0 saturated heterocycles. The first-order valence-electron chi connectivity index (χ1n) is 9.45. The standard InChI is InChI=1S/C18H28N6O2/c1-5-22(11-14-12(3)21-23(6-2)13(14)4)17(25)15-9-7-8-10-16-19-20-18(26)24(15)16/h15H,5-11H2,1-4H3,(H,20,26). The molecule has 3 rings (SSSR count). The van der Waals surface area contributed by atoms with Crippen molar-refractivity contribution in [2.45, 2.75) is 72.5 Å². The van der Waals surface area contributed by atoms with Gasteiger partial charge in [-0.05, 0) is 40.5 Å². The van der Waals surface area contributed by atoms with Gasteiger partial charge in [-0.25, -0.2) is 9.89 Å². The zero-order valence-corrected chi connectivity index (χ0v) is 16.1. The molecule has 142 valence electrons.